The highest BCUT2D eigenvalue weighted by molar-refractivity contribution is 6.40. The second-order valence-electron chi connectivity index (χ2n) is 8.69. The van der Waals surface area contributed by atoms with Crippen molar-refractivity contribution in [2.45, 2.75) is 57.0 Å². The number of piperidine rings is 1. The first-order valence-electron chi connectivity index (χ1n) is 10.9. The topological polar surface area (TPSA) is 91.0 Å². The number of anilines is 1. The third kappa shape index (κ3) is 4.80. The number of likely N-dealkylation sites (tertiary alicyclic amines) is 1. The van der Waals surface area contributed by atoms with Crippen molar-refractivity contribution >= 4 is 23.2 Å². The zero-order valence-electron chi connectivity index (χ0n) is 17.2. The summed E-state index contributed by atoms with van der Waals surface area (Å²) in [5.41, 5.74) is 6.34. The Hall–Kier alpha value is -2.48. The van der Waals surface area contributed by atoms with E-state index in [0.29, 0.717) is 5.69 Å². The molecule has 1 saturated carbocycles. The van der Waals surface area contributed by atoms with Crippen LogP contribution < -0.4 is 16.1 Å². The second kappa shape index (κ2) is 9.12. The van der Waals surface area contributed by atoms with Gasteiger partial charge in [-0.1, -0.05) is 12.8 Å². The molecule has 0 aromatic heterocycles. The molecule has 7 nitrogen and oxygen atoms in total. The third-order valence-corrected chi connectivity index (χ3v) is 6.51. The molecule has 1 aromatic carbocycles. The SMILES string of the molecule is NC(=O)C1CC(C(=O)NC2CCN(CC3CCCC3)CC2)=NN1c1ccc(F)cc1. The normalized spacial score (nSPS) is 23.6. The largest absolute Gasteiger partial charge is 0.368 e. The van der Waals surface area contributed by atoms with Crippen LogP contribution in [0.1, 0.15) is 44.9 Å². The predicted octanol–water partition coefficient (Wildman–Crippen LogP) is 2.02. The summed E-state index contributed by atoms with van der Waals surface area (Å²) in [5.74, 6) is -0.354. The fourth-order valence-corrected chi connectivity index (χ4v) is 4.79. The number of hydrazone groups is 1. The molecule has 3 N–H and O–H groups in total. The lowest BCUT2D eigenvalue weighted by molar-refractivity contribution is -0.119. The minimum Gasteiger partial charge on any atom is -0.368 e. The van der Waals surface area contributed by atoms with E-state index >= 15 is 0 Å². The van der Waals surface area contributed by atoms with Crippen molar-refractivity contribution in [1.82, 2.24) is 10.2 Å². The van der Waals surface area contributed by atoms with E-state index in [-0.39, 0.29) is 29.9 Å². The van der Waals surface area contributed by atoms with Crippen LogP contribution in [-0.2, 0) is 9.59 Å². The van der Waals surface area contributed by atoms with Crippen molar-refractivity contribution in [1.29, 1.82) is 0 Å². The molecule has 1 aliphatic carbocycles. The lowest BCUT2D eigenvalue weighted by Crippen LogP contribution is -2.47. The van der Waals surface area contributed by atoms with E-state index in [9.17, 15) is 14.0 Å². The smallest absolute Gasteiger partial charge is 0.267 e. The molecule has 4 rings (SSSR count). The van der Waals surface area contributed by atoms with E-state index in [1.54, 1.807) is 0 Å². The van der Waals surface area contributed by atoms with Crippen LogP contribution in [-0.4, -0.2) is 54.1 Å². The Morgan fingerprint density at radius 3 is 2.40 bits per heavy atom. The molecule has 1 unspecified atom stereocenters. The average Bonchev–Trinajstić information content (AvgIpc) is 3.40. The van der Waals surface area contributed by atoms with E-state index in [1.807, 2.05) is 0 Å². The minimum absolute atomic E-state index is 0.118. The van der Waals surface area contributed by atoms with E-state index in [1.165, 1.54) is 61.5 Å². The summed E-state index contributed by atoms with van der Waals surface area (Å²) < 4.78 is 13.2. The van der Waals surface area contributed by atoms with Crippen LogP contribution in [0.2, 0.25) is 0 Å². The van der Waals surface area contributed by atoms with Crippen LogP contribution >= 0.6 is 0 Å². The maximum Gasteiger partial charge on any atom is 0.267 e. The molecule has 0 spiro atoms. The zero-order chi connectivity index (χ0) is 21.1. The fraction of sp³-hybridized carbons (Fsp3) is 0.591. The zero-order valence-corrected chi connectivity index (χ0v) is 17.2. The van der Waals surface area contributed by atoms with Gasteiger partial charge in [-0.25, -0.2) is 4.39 Å². The molecule has 8 heteroatoms. The van der Waals surface area contributed by atoms with Crippen LogP contribution in [0.25, 0.3) is 0 Å². The number of rotatable bonds is 6. The summed E-state index contributed by atoms with van der Waals surface area (Å²) in [6.07, 6.45) is 7.42. The van der Waals surface area contributed by atoms with Gasteiger partial charge in [-0.3, -0.25) is 14.6 Å². The first-order valence-corrected chi connectivity index (χ1v) is 10.9. The van der Waals surface area contributed by atoms with Gasteiger partial charge < -0.3 is 16.0 Å². The Morgan fingerprint density at radius 2 is 1.77 bits per heavy atom. The number of nitrogens with one attached hydrogen (secondary N) is 1. The minimum atomic E-state index is -0.746. The lowest BCUT2D eigenvalue weighted by Gasteiger charge is -2.33. The summed E-state index contributed by atoms with van der Waals surface area (Å²) in [4.78, 5) is 27.2. The van der Waals surface area contributed by atoms with Crippen molar-refractivity contribution in [2.24, 2.45) is 16.8 Å². The van der Waals surface area contributed by atoms with Gasteiger partial charge in [0, 0.05) is 32.1 Å². The van der Waals surface area contributed by atoms with E-state index in [2.05, 4.69) is 15.3 Å². The quantitative estimate of drug-likeness (QED) is 0.744. The molecule has 1 aromatic rings. The molecule has 3 aliphatic rings. The van der Waals surface area contributed by atoms with Gasteiger partial charge in [0.2, 0.25) is 5.91 Å². The van der Waals surface area contributed by atoms with Gasteiger partial charge in [-0.05, 0) is 55.9 Å². The molecule has 2 heterocycles. The Balaban J connectivity index is 1.33. The summed E-state index contributed by atoms with van der Waals surface area (Å²) in [6.45, 7) is 3.18. The van der Waals surface area contributed by atoms with Gasteiger partial charge in [0.05, 0.1) is 5.69 Å². The number of hydrogen-bond acceptors (Lipinski definition) is 5. The van der Waals surface area contributed by atoms with Crippen LogP contribution in [0.5, 0.6) is 0 Å². The molecular formula is C22H30FN5O2. The van der Waals surface area contributed by atoms with Crippen LogP contribution in [0.3, 0.4) is 0 Å². The van der Waals surface area contributed by atoms with Crippen LogP contribution in [0, 0.1) is 11.7 Å². The monoisotopic (exact) mass is 415 g/mol. The molecule has 0 bridgehead atoms. The molecular weight excluding hydrogens is 385 g/mol. The second-order valence-corrected chi connectivity index (χ2v) is 8.69. The van der Waals surface area contributed by atoms with Crippen molar-refractivity contribution in [3.8, 4) is 0 Å². The number of primary amides is 1. The van der Waals surface area contributed by atoms with Gasteiger partial charge >= 0.3 is 0 Å². The maximum atomic E-state index is 13.2. The van der Waals surface area contributed by atoms with Crippen molar-refractivity contribution in [2.75, 3.05) is 24.6 Å². The Morgan fingerprint density at radius 1 is 1.10 bits per heavy atom. The van der Waals surface area contributed by atoms with Crippen LogP contribution in [0.15, 0.2) is 29.4 Å². The lowest BCUT2D eigenvalue weighted by atomic mass is 10.0. The fourth-order valence-electron chi connectivity index (χ4n) is 4.79. The van der Waals surface area contributed by atoms with Gasteiger partial charge in [0.15, 0.2) is 0 Å². The van der Waals surface area contributed by atoms with E-state index in [0.717, 1.165) is 31.8 Å². The molecule has 1 atom stereocenters. The Kier molecular flexibility index (Phi) is 6.32. The van der Waals surface area contributed by atoms with E-state index < -0.39 is 11.9 Å². The summed E-state index contributed by atoms with van der Waals surface area (Å²) >= 11 is 0. The Labute approximate surface area is 176 Å². The van der Waals surface area contributed by atoms with Gasteiger partial charge in [-0.15, -0.1) is 0 Å². The highest BCUT2D eigenvalue weighted by atomic mass is 19.1. The van der Waals surface area contributed by atoms with Crippen LogP contribution in [0.4, 0.5) is 10.1 Å². The number of carbonyl (C=O) groups excluding carboxylic acids is 2. The Bertz CT molecular complexity index is 798. The highest BCUT2D eigenvalue weighted by Gasteiger charge is 2.36. The third-order valence-electron chi connectivity index (χ3n) is 6.51. The molecule has 2 amide bonds. The standard InChI is InChI=1S/C22H30FN5O2/c23-16-5-7-18(8-6-16)28-20(21(24)29)13-19(26-28)22(30)25-17-9-11-27(12-10-17)14-15-3-1-2-4-15/h5-8,15,17,20H,1-4,9-14H2,(H2,24,29)(H,25,30). The number of benzene rings is 1. The molecule has 1 saturated heterocycles. The molecule has 0 radical (unpaired) electrons. The molecule has 2 fully saturated rings. The van der Waals surface area contributed by atoms with E-state index in [4.69, 9.17) is 5.73 Å². The van der Waals surface area contributed by atoms with Gasteiger partial charge in [-0.2, -0.15) is 5.10 Å². The molecule has 30 heavy (non-hydrogen) atoms. The summed E-state index contributed by atoms with van der Waals surface area (Å²) in [5, 5.41) is 8.84. The van der Waals surface area contributed by atoms with Gasteiger partial charge in [0.1, 0.15) is 17.6 Å². The number of halogens is 1. The number of nitrogens with zero attached hydrogens (tertiary/aromatic N) is 3. The van der Waals surface area contributed by atoms with Gasteiger partial charge in [0.25, 0.3) is 5.91 Å². The maximum absolute atomic E-state index is 13.2. The number of nitrogens with two attached hydrogens (primary N) is 1. The molecule has 2 aliphatic heterocycles. The van der Waals surface area contributed by atoms with Crippen molar-refractivity contribution in [3.63, 3.8) is 0 Å². The average molecular weight is 416 g/mol. The first kappa shape index (κ1) is 20.8. The molecule has 162 valence electrons. The summed E-state index contributed by atoms with van der Waals surface area (Å²) in [6, 6.07) is 5.00. The number of carbonyl (C=O) groups is 2. The number of hydrogen-bond donors (Lipinski definition) is 2. The highest BCUT2D eigenvalue weighted by Crippen LogP contribution is 2.27. The predicted molar refractivity (Wildman–Crippen MR) is 113 cm³/mol. The number of amides is 2. The van der Waals surface area contributed by atoms with Crippen molar-refractivity contribution in [3.05, 3.63) is 30.1 Å². The summed E-state index contributed by atoms with van der Waals surface area (Å²) in [7, 11) is 0. The van der Waals surface area contributed by atoms with Crippen molar-refractivity contribution < 1.29 is 14.0 Å². The first-order chi connectivity index (χ1) is 14.5.